The summed E-state index contributed by atoms with van der Waals surface area (Å²) < 4.78 is 0. The summed E-state index contributed by atoms with van der Waals surface area (Å²) in [6.45, 7) is 4.26. The molecule has 1 aromatic carbocycles. The van der Waals surface area contributed by atoms with E-state index in [-0.39, 0.29) is 0 Å². The van der Waals surface area contributed by atoms with Crippen LogP contribution in [-0.4, -0.2) is 12.0 Å². The maximum Gasteiger partial charge on any atom is 0.0972 e. The molecule has 0 saturated carbocycles. The van der Waals surface area contributed by atoms with Crippen LogP contribution >= 0.6 is 11.3 Å². The molecule has 0 aliphatic heterocycles. The Morgan fingerprint density at radius 1 is 1.41 bits per heavy atom. The summed E-state index contributed by atoms with van der Waals surface area (Å²) in [4.78, 5) is 4.66. The summed E-state index contributed by atoms with van der Waals surface area (Å²) in [5.41, 5.74) is 3.78. The van der Waals surface area contributed by atoms with Gasteiger partial charge < -0.3 is 5.32 Å². The van der Waals surface area contributed by atoms with E-state index < -0.39 is 0 Å². The lowest BCUT2D eigenvalue weighted by Crippen LogP contribution is -2.12. The van der Waals surface area contributed by atoms with Crippen LogP contribution in [0.4, 0.5) is 0 Å². The maximum absolute atomic E-state index is 4.66. The molecule has 0 fully saturated rings. The second kappa shape index (κ2) is 5.43. The molecule has 0 saturated heterocycles. The summed E-state index contributed by atoms with van der Waals surface area (Å²) in [6, 6.07) is 8.95. The van der Waals surface area contributed by atoms with Gasteiger partial charge in [-0.2, -0.15) is 0 Å². The molecule has 0 aliphatic rings. The molecule has 17 heavy (non-hydrogen) atoms. The second-order valence-electron chi connectivity index (χ2n) is 4.34. The molecule has 0 amide bonds. The van der Waals surface area contributed by atoms with E-state index in [1.807, 2.05) is 7.05 Å². The van der Waals surface area contributed by atoms with E-state index >= 15 is 0 Å². The van der Waals surface area contributed by atoms with Gasteiger partial charge in [-0.05, 0) is 26.5 Å². The normalized spacial score (nSPS) is 12.6. The monoisotopic (exact) mass is 246 g/mol. The Balaban J connectivity index is 2.11. The largest absolute Gasteiger partial charge is 0.312 e. The van der Waals surface area contributed by atoms with Crippen LogP contribution < -0.4 is 5.32 Å². The summed E-state index contributed by atoms with van der Waals surface area (Å²) >= 11 is 1.74. The highest BCUT2D eigenvalue weighted by Gasteiger charge is 2.08. The van der Waals surface area contributed by atoms with E-state index in [0.29, 0.717) is 6.04 Å². The van der Waals surface area contributed by atoms with Crippen LogP contribution in [0.2, 0.25) is 0 Å². The first-order valence-corrected chi connectivity index (χ1v) is 6.74. The average Bonchev–Trinajstić information content (AvgIpc) is 2.76. The Bertz CT molecular complexity index is 490. The number of aryl methyl sites for hydroxylation is 1. The quantitative estimate of drug-likeness (QED) is 0.895. The van der Waals surface area contributed by atoms with Crippen molar-refractivity contribution in [2.45, 2.75) is 26.3 Å². The Morgan fingerprint density at radius 3 is 2.94 bits per heavy atom. The van der Waals surface area contributed by atoms with Gasteiger partial charge in [0.1, 0.15) is 0 Å². The van der Waals surface area contributed by atoms with Crippen molar-refractivity contribution < 1.29 is 0 Å². The first-order valence-electron chi connectivity index (χ1n) is 5.86. The number of nitrogens with zero attached hydrogens (tertiary/aromatic N) is 1. The average molecular weight is 246 g/mol. The van der Waals surface area contributed by atoms with Gasteiger partial charge in [0.05, 0.1) is 10.7 Å². The van der Waals surface area contributed by atoms with Crippen LogP contribution in [-0.2, 0) is 6.42 Å². The number of thiazole rings is 1. The third-order valence-electron chi connectivity index (χ3n) is 2.88. The van der Waals surface area contributed by atoms with Crippen LogP contribution in [0.1, 0.15) is 34.8 Å². The van der Waals surface area contributed by atoms with Gasteiger partial charge >= 0.3 is 0 Å². The molecule has 3 heteroatoms. The zero-order valence-corrected chi connectivity index (χ0v) is 11.3. The zero-order chi connectivity index (χ0) is 12.3. The van der Waals surface area contributed by atoms with Gasteiger partial charge in [0, 0.05) is 17.8 Å². The SMILES string of the molecule is CNC(C)c1csc(Cc2cccc(C)c2)n1. The molecule has 1 heterocycles. The minimum Gasteiger partial charge on any atom is -0.312 e. The number of aromatic nitrogens is 1. The summed E-state index contributed by atoms with van der Waals surface area (Å²) in [6.07, 6.45) is 0.933. The molecular weight excluding hydrogens is 228 g/mol. The van der Waals surface area contributed by atoms with Gasteiger partial charge in [0.25, 0.3) is 0 Å². The van der Waals surface area contributed by atoms with Crippen molar-refractivity contribution in [3.8, 4) is 0 Å². The van der Waals surface area contributed by atoms with Gasteiger partial charge in [-0.15, -0.1) is 11.3 Å². The van der Waals surface area contributed by atoms with Crippen molar-refractivity contribution in [3.63, 3.8) is 0 Å². The standard InChI is InChI=1S/C14H18N2S/c1-10-5-4-6-12(7-10)8-14-16-13(9-17-14)11(2)15-3/h4-7,9,11,15H,8H2,1-3H3. The van der Waals surface area contributed by atoms with E-state index in [1.54, 1.807) is 11.3 Å². The second-order valence-corrected chi connectivity index (χ2v) is 5.28. The molecule has 1 N–H and O–H groups in total. The highest BCUT2D eigenvalue weighted by molar-refractivity contribution is 7.09. The van der Waals surface area contributed by atoms with Gasteiger partial charge in [-0.25, -0.2) is 4.98 Å². The van der Waals surface area contributed by atoms with Crippen LogP contribution in [0.15, 0.2) is 29.6 Å². The first-order chi connectivity index (χ1) is 8.19. The van der Waals surface area contributed by atoms with Crippen LogP contribution in [0, 0.1) is 6.92 Å². The molecule has 1 unspecified atom stereocenters. The molecule has 90 valence electrons. The van der Waals surface area contributed by atoms with Crippen molar-refractivity contribution in [1.82, 2.24) is 10.3 Å². The van der Waals surface area contributed by atoms with Crippen LogP contribution in [0.3, 0.4) is 0 Å². The van der Waals surface area contributed by atoms with E-state index in [2.05, 4.69) is 53.8 Å². The van der Waals surface area contributed by atoms with E-state index in [4.69, 9.17) is 0 Å². The lowest BCUT2D eigenvalue weighted by molar-refractivity contribution is 0.635. The van der Waals surface area contributed by atoms with Gasteiger partial charge in [-0.3, -0.25) is 0 Å². The Hall–Kier alpha value is -1.19. The molecule has 1 aromatic heterocycles. The van der Waals surface area contributed by atoms with E-state index in [1.165, 1.54) is 16.1 Å². The molecule has 2 nitrogen and oxygen atoms in total. The number of rotatable bonds is 4. The number of benzene rings is 1. The van der Waals surface area contributed by atoms with Crippen molar-refractivity contribution in [2.75, 3.05) is 7.05 Å². The van der Waals surface area contributed by atoms with Crippen LogP contribution in [0.25, 0.3) is 0 Å². The third kappa shape index (κ3) is 3.14. The van der Waals surface area contributed by atoms with Gasteiger partial charge in [0.2, 0.25) is 0 Å². The predicted molar refractivity (Wildman–Crippen MR) is 73.6 cm³/mol. The minimum atomic E-state index is 0.331. The topological polar surface area (TPSA) is 24.9 Å². The number of hydrogen-bond acceptors (Lipinski definition) is 3. The van der Waals surface area contributed by atoms with Crippen molar-refractivity contribution in [3.05, 3.63) is 51.5 Å². The lowest BCUT2D eigenvalue weighted by atomic mass is 10.1. The summed E-state index contributed by atoms with van der Waals surface area (Å²) in [7, 11) is 1.96. The van der Waals surface area contributed by atoms with Crippen molar-refractivity contribution in [1.29, 1.82) is 0 Å². The highest BCUT2D eigenvalue weighted by atomic mass is 32.1. The molecule has 1 atom stereocenters. The maximum atomic E-state index is 4.66. The third-order valence-corrected chi connectivity index (χ3v) is 3.75. The smallest absolute Gasteiger partial charge is 0.0972 e. The Kier molecular flexibility index (Phi) is 3.92. The fourth-order valence-corrected chi connectivity index (χ4v) is 2.67. The summed E-state index contributed by atoms with van der Waals surface area (Å²) in [5.74, 6) is 0. The molecule has 0 aliphatic carbocycles. The van der Waals surface area contributed by atoms with Crippen molar-refractivity contribution in [2.24, 2.45) is 0 Å². The highest BCUT2D eigenvalue weighted by Crippen LogP contribution is 2.19. The molecule has 0 radical (unpaired) electrons. The molecular formula is C14H18N2S. The van der Waals surface area contributed by atoms with Crippen LogP contribution in [0.5, 0.6) is 0 Å². The van der Waals surface area contributed by atoms with Gasteiger partial charge in [-0.1, -0.05) is 29.8 Å². The summed E-state index contributed by atoms with van der Waals surface area (Å²) in [5, 5.41) is 6.54. The minimum absolute atomic E-state index is 0.331. The first kappa shape index (κ1) is 12.3. The molecule has 0 spiro atoms. The Labute approximate surface area is 107 Å². The van der Waals surface area contributed by atoms with Gasteiger partial charge in [0.15, 0.2) is 0 Å². The van der Waals surface area contributed by atoms with Crippen molar-refractivity contribution >= 4 is 11.3 Å². The Morgan fingerprint density at radius 2 is 2.24 bits per heavy atom. The fourth-order valence-electron chi connectivity index (χ4n) is 1.75. The molecule has 2 aromatic rings. The predicted octanol–water partition coefficient (Wildman–Crippen LogP) is 3.32. The molecule has 2 rings (SSSR count). The zero-order valence-electron chi connectivity index (χ0n) is 10.5. The van der Waals surface area contributed by atoms with E-state index in [0.717, 1.165) is 12.1 Å². The lowest BCUT2D eigenvalue weighted by Gasteiger charge is -2.05. The molecule has 0 bridgehead atoms. The number of hydrogen-bond donors (Lipinski definition) is 1. The fraction of sp³-hybridized carbons (Fsp3) is 0.357. The number of nitrogens with one attached hydrogen (secondary N) is 1. The van der Waals surface area contributed by atoms with E-state index in [9.17, 15) is 0 Å².